The Morgan fingerprint density at radius 2 is 2.25 bits per heavy atom. The largest absolute Gasteiger partial charge is 0.380 e. The summed E-state index contributed by atoms with van der Waals surface area (Å²) in [6.45, 7) is 2.30. The Labute approximate surface area is 69.7 Å². The molecular weight excluding hydrogens is 160 g/mol. The molecule has 0 fully saturated rings. The summed E-state index contributed by atoms with van der Waals surface area (Å²) in [5.74, 6) is 0. The Morgan fingerprint density at radius 1 is 1.58 bits per heavy atom. The van der Waals surface area contributed by atoms with Gasteiger partial charge in [0.05, 0.1) is 12.6 Å². The third-order valence-corrected chi connectivity index (χ3v) is 1.61. The molecule has 6 heteroatoms. The van der Waals surface area contributed by atoms with Gasteiger partial charge in [-0.3, -0.25) is 0 Å². The number of hydrogen-bond acceptors (Lipinski definition) is 4. The van der Waals surface area contributed by atoms with Crippen LogP contribution in [-0.4, -0.2) is 33.0 Å². The number of tetrazole rings is 1. The van der Waals surface area contributed by atoms with E-state index in [1.54, 1.807) is 14.2 Å². The first-order valence-corrected chi connectivity index (χ1v) is 3.64. The predicted octanol–water partition coefficient (Wildman–Crippen LogP) is -0.988. The Kier molecular flexibility index (Phi) is 2.59. The topological polar surface area (TPSA) is 61.9 Å². The first-order valence-electron chi connectivity index (χ1n) is 3.64. The molecule has 0 saturated heterocycles. The Hall–Kier alpha value is -1.17. The smallest absolute Gasteiger partial charge is 0.363 e. The molecule has 0 amide bonds. The van der Waals surface area contributed by atoms with Gasteiger partial charge in [0.15, 0.2) is 0 Å². The maximum atomic E-state index is 11.2. The van der Waals surface area contributed by atoms with Crippen LogP contribution in [0.4, 0.5) is 0 Å². The van der Waals surface area contributed by atoms with Gasteiger partial charge in [-0.05, 0) is 17.4 Å². The highest BCUT2D eigenvalue weighted by Gasteiger charge is 2.06. The van der Waals surface area contributed by atoms with Gasteiger partial charge in [0.2, 0.25) is 0 Å². The fraction of sp³-hybridized carbons (Fsp3) is 0.833. The van der Waals surface area contributed by atoms with Crippen LogP contribution < -0.4 is 5.69 Å². The van der Waals surface area contributed by atoms with Crippen LogP contribution in [0.5, 0.6) is 0 Å². The summed E-state index contributed by atoms with van der Waals surface area (Å²) in [5, 5.41) is 7.21. The highest BCUT2D eigenvalue weighted by atomic mass is 16.5. The highest BCUT2D eigenvalue weighted by molar-refractivity contribution is 4.58. The van der Waals surface area contributed by atoms with Gasteiger partial charge in [0.25, 0.3) is 0 Å². The summed E-state index contributed by atoms with van der Waals surface area (Å²) >= 11 is 0. The quantitative estimate of drug-likeness (QED) is 0.587. The molecular formula is C6H12N4O2. The van der Waals surface area contributed by atoms with E-state index in [-0.39, 0.29) is 11.8 Å². The lowest BCUT2D eigenvalue weighted by Gasteiger charge is -2.06. The van der Waals surface area contributed by atoms with Crippen LogP contribution in [0.1, 0.15) is 6.92 Å². The maximum Gasteiger partial charge on any atom is 0.363 e. The fourth-order valence-electron chi connectivity index (χ4n) is 0.785. The van der Waals surface area contributed by atoms with E-state index in [4.69, 9.17) is 4.74 Å². The molecule has 68 valence electrons. The number of methoxy groups -OCH3 is 1. The summed E-state index contributed by atoms with van der Waals surface area (Å²) in [4.78, 5) is 11.2. The van der Waals surface area contributed by atoms with Gasteiger partial charge in [0.1, 0.15) is 0 Å². The van der Waals surface area contributed by atoms with Crippen LogP contribution >= 0.6 is 0 Å². The van der Waals surface area contributed by atoms with E-state index in [9.17, 15) is 4.79 Å². The third kappa shape index (κ3) is 1.70. The summed E-state index contributed by atoms with van der Waals surface area (Å²) in [6, 6.07) is 0. The van der Waals surface area contributed by atoms with Crippen molar-refractivity contribution >= 4 is 0 Å². The molecule has 1 aromatic heterocycles. The monoisotopic (exact) mass is 172 g/mol. The number of nitrogens with zero attached hydrogens (tertiary/aromatic N) is 4. The number of aromatic nitrogens is 4. The first kappa shape index (κ1) is 8.92. The molecule has 0 spiro atoms. The standard InChI is InChI=1S/C6H12N4O2/c1-5(12-3)4-10-6(11)9(2)7-8-10/h5H,4H2,1-3H3. The van der Waals surface area contributed by atoms with Crippen molar-refractivity contribution in [2.24, 2.45) is 7.05 Å². The second-order valence-electron chi connectivity index (χ2n) is 2.61. The Balaban J connectivity index is 2.76. The van der Waals surface area contributed by atoms with Crippen molar-refractivity contribution in [2.45, 2.75) is 19.6 Å². The Morgan fingerprint density at radius 3 is 2.67 bits per heavy atom. The molecule has 0 radical (unpaired) electrons. The number of aryl methyl sites for hydroxylation is 1. The average Bonchev–Trinajstić information content (AvgIpc) is 2.36. The van der Waals surface area contributed by atoms with E-state index < -0.39 is 0 Å². The van der Waals surface area contributed by atoms with Crippen molar-refractivity contribution in [1.29, 1.82) is 0 Å². The lowest BCUT2D eigenvalue weighted by atomic mass is 10.4. The molecule has 0 N–H and O–H groups in total. The maximum absolute atomic E-state index is 11.2. The van der Waals surface area contributed by atoms with Gasteiger partial charge in [-0.2, -0.15) is 9.36 Å². The van der Waals surface area contributed by atoms with E-state index in [0.717, 1.165) is 0 Å². The molecule has 1 aromatic rings. The van der Waals surface area contributed by atoms with E-state index in [2.05, 4.69) is 10.4 Å². The molecule has 1 rings (SSSR count). The summed E-state index contributed by atoms with van der Waals surface area (Å²) < 4.78 is 7.44. The minimum absolute atomic E-state index is 0.0283. The molecule has 0 aliphatic rings. The number of rotatable bonds is 3. The second-order valence-corrected chi connectivity index (χ2v) is 2.61. The number of hydrogen-bond donors (Lipinski definition) is 0. The van der Waals surface area contributed by atoms with Crippen LogP contribution in [0, 0.1) is 0 Å². The number of ether oxygens (including phenoxy) is 1. The zero-order valence-corrected chi connectivity index (χ0v) is 7.39. The van der Waals surface area contributed by atoms with E-state index in [1.165, 1.54) is 9.36 Å². The van der Waals surface area contributed by atoms with Crippen molar-refractivity contribution in [3.05, 3.63) is 10.5 Å². The van der Waals surface area contributed by atoms with E-state index in [1.807, 2.05) is 6.92 Å². The molecule has 0 bridgehead atoms. The zero-order valence-electron chi connectivity index (χ0n) is 7.39. The first-order chi connectivity index (χ1) is 5.65. The minimum atomic E-state index is -0.223. The minimum Gasteiger partial charge on any atom is -0.380 e. The highest BCUT2D eigenvalue weighted by Crippen LogP contribution is 1.88. The SMILES string of the molecule is COC(C)Cn1nnn(C)c1=O. The molecule has 1 atom stereocenters. The van der Waals surface area contributed by atoms with Crippen LogP contribution in [0.2, 0.25) is 0 Å². The molecule has 1 unspecified atom stereocenters. The van der Waals surface area contributed by atoms with Crippen molar-refractivity contribution in [1.82, 2.24) is 19.8 Å². The third-order valence-electron chi connectivity index (χ3n) is 1.61. The van der Waals surface area contributed by atoms with Crippen LogP contribution in [0.25, 0.3) is 0 Å². The summed E-state index contributed by atoms with van der Waals surface area (Å²) in [6.07, 6.45) is -0.0283. The van der Waals surface area contributed by atoms with E-state index >= 15 is 0 Å². The molecule has 0 saturated carbocycles. The summed E-state index contributed by atoms with van der Waals surface area (Å²) in [7, 11) is 3.15. The van der Waals surface area contributed by atoms with Gasteiger partial charge < -0.3 is 4.74 Å². The molecule has 1 heterocycles. The fourth-order valence-corrected chi connectivity index (χ4v) is 0.785. The Bertz CT molecular complexity index is 303. The molecule has 12 heavy (non-hydrogen) atoms. The van der Waals surface area contributed by atoms with Crippen molar-refractivity contribution in [3.8, 4) is 0 Å². The molecule has 0 aromatic carbocycles. The molecule has 6 nitrogen and oxygen atoms in total. The van der Waals surface area contributed by atoms with Gasteiger partial charge in [0, 0.05) is 14.2 Å². The second kappa shape index (κ2) is 3.48. The normalized spacial score (nSPS) is 13.2. The molecule has 0 aliphatic heterocycles. The lowest BCUT2D eigenvalue weighted by Crippen LogP contribution is -2.28. The van der Waals surface area contributed by atoms with Crippen molar-refractivity contribution in [3.63, 3.8) is 0 Å². The van der Waals surface area contributed by atoms with Crippen LogP contribution in [0.3, 0.4) is 0 Å². The predicted molar refractivity (Wildman–Crippen MR) is 41.7 cm³/mol. The zero-order chi connectivity index (χ0) is 9.14. The van der Waals surface area contributed by atoms with Gasteiger partial charge in [-0.15, -0.1) is 0 Å². The van der Waals surface area contributed by atoms with Gasteiger partial charge in [-0.25, -0.2) is 4.79 Å². The summed E-state index contributed by atoms with van der Waals surface area (Å²) in [5.41, 5.74) is -0.223. The van der Waals surface area contributed by atoms with E-state index in [0.29, 0.717) is 6.54 Å². The van der Waals surface area contributed by atoms with Crippen molar-refractivity contribution < 1.29 is 4.74 Å². The van der Waals surface area contributed by atoms with Crippen LogP contribution in [-0.2, 0) is 18.3 Å². The van der Waals surface area contributed by atoms with Gasteiger partial charge >= 0.3 is 5.69 Å². The van der Waals surface area contributed by atoms with Crippen LogP contribution in [0.15, 0.2) is 4.79 Å². The van der Waals surface area contributed by atoms with Crippen molar-refractivity contribution in [2.75, 3.05) is 7.11 Å². The average molecular weight is 172 g/mol. The van der Waals surface area contributed by atoms with Gasteiger partial charge in [-0.1, -0.05) is 0 Å². The lowest BCUT2D eigenvalue weighted by molar-refractivity contribution is 0.0982. The molecule has 0 aliphatic carbocycles.